The predicted molar refractivity (Wildman–Crippen MR) is 117 cm³/mol. The largest absolute Gasteiger partial charge is 0.353 e. The van der Waals surface area contributed by atoms with Gasteiger partial charge in [0.1, 0.15) is 0 Å². The molecule has 1 heterocycles. The highest BCUT2D eigenvalue weighted by atomic mass is 79.9. The normalized spacial score (nSPS) is 14.0. The van der Waals surface area contributed by atoms with Crippen LogP contribution in [0, 0.1) is 0 Å². The molecular weight excluding hydrogens is 454 g/mol. The summed E-state index contributed by atoms with van der Waals surface area (Å²) in [7, 11) is 0. The van der Waals surface area contributed by atoms with Crippen LogP contribution in [0.5, 0.6) is 0 Å². The monoisotopic (exact) mass is 477 g/mol. The van der Waals surface area contributed by atoms with Gasteiger partial charge in [0.2, 0.25) is 5.91 Å². The molecule has 1 fully saturated rings. The van der Waals surface area contributed by atoms with Crippen LogP contribution in [-0.4, -0.2) is 38.4 Å². The second kappa shape index (κ2) is 10.6. The van der Waals surface area contributed by atoms with Crippen molar-refractivity contribution in [1.29, 1.82) is 0 Å². The second-order valence-electron chi connectivity index (χ2n) is 6.80. The Hall–Kier alpha value is -2.13. The Kier molecular flexibility index (Phi) is 7.88. The fraction of sp³-hybridized carbons (Fsp3) is 0.400. The van der Waals surface area contributed by atoms with Crippen LogP contribution >= 0.6 is 27.7 Å². The van der Waals surface area contributed by atoms with Gasteiger partial charge in [0.25, 0.3) is 5.91 Å². The van der Waals surface area contributed by atoms with Crippen LogP contribution in [0.25, 0.3) is 0 Å². The van der Waals surface area contributed by atoms with E-state index in [2.05, 4.69) is 43.3 Å². The molecule has 0 unspecified atom stereocenters. The average Bonchev–Trinajstić information content (AvgIpc) is 3.35. The number of aromatic nitrogens is 3. The molecule has 154 valence electrons. The molecule has 0 bridgehead atoms. The lowest BCUT2D eigenvalue weighted by Crippen LogP contribution is -2.33. The van der Waals surface area contributed by atoms with Crippen molar-refractivity contribution in [3.8, 4) is 0 Å². The van der Waals surface area contributed by atoms with Gasteiger partial charge in [-0.15, -0.1) is 16.8 Å². The van der Waals surface area contributed by atoms with Crippen LogP contribution in [0.4, 0.5) is 0 Å². The van der Waals surface area contributed by atoms with Gasteiger partial charge in [0.15, 0.2) is 11.0 Å². The van der Waals surface area contributed by atoms with Crippen molar-refractivity contribution in [2.24, 2.45) is 0 Å². The molecule has 1 aromatic carbocycles. The van der Waals surface area contributed by atoms with Gasteiger partial charge in [-0.05, 0) is 40.9 Å². The fourth-order valence-corrected chi connectivity index (χ4v) is 4.48. The first-order valence-electron chi connectivity index (χ1n) is 9.56. The molecule has 7 nitrogen and oxygen atoms in total. The lowest BCUT2D eigenvalue weighted by Gasteiger charge is -2.12. The smallest absolute Gasteiger partial charge is 0.252 e. The van der Waals surface area contributed by atoms with E-state index in [0.717, 1.165) is 17.3 Å². The van der Waals surface area contributed by atoms with Gasteiger partial charge in [-0.25, -0.2) is 0 Å². The summed E-state index contributed by atoms with van der Waals surface area (Å²) < 4.78 is 2.59. The maximum Gasteiger partial charge on any atom is 0.252 e. The number of halogens is 1. The third-order valence-corrected chi connectivity index (χ3v) is 6.34. The molecule has 29 heavy (non-hydrogen) atoms. The number of thioether (sulfide) groups is 1. The van der Waals surface area contributed by atoms with E-state index >= 15 is 0 Å². The van der Waals surface area contributed by atoms with E-state index in [1.807, 2.05) is 22.8 Å². The van der Waals surface area contributed by atoms with Crippen LogP contribution in [0.1, 0.15) is 41.9 Å². The van der Waals surface area contributed by atoms with Crippen molar-refractivity contribution < 1.29 is 9.59 Å². The highest BCUT2D eigenvalue weighted by Gasteiger charge is 2.19. The van der Waals surface area contributed by atoms with Crippen LogP contribution in [0.3, 0.4) is 0 Å². The molecule has 0 saturated heterocycles. The Bertz CT molecular complexity index is 880. The third-order valence-electron chi connectivity index (χ3n) is 4.68. The van der Waals surface area contributed by atoms with Gasteiger partial charge in [0.05, 0.1) is 17.9 Å². The minimum Gasteiger partial charge on any atom is -0.353 e. The Morgan fingerprint density at radius 1 is 1.28 bits per heavy atom. The number of benzene rings is 1. The van der Waals surface area contributed by atoms with E-state index in [1.54, 1.807) is 12.1 Å². The molecule has 9 heteroatoms. The molecule has 0 spiro atoms. The van der Waals surface area contributed by atoms with E-state index in [1.165, 1.54) is 24.6 Å². The summed E-state index contributed by atoms with van der Waals surface area (Å²) in [6.07, 6.45) is 6.22. The number of rotatable bonds is 9. The molecule has 1 aliphatic carbocycles. The summed E-state index contributed by atoms with van der Waals surface area (Å²) in [5.74, 6) is 0.716. The Labute approximate surface area is 182 Å². The number of amides is 2. The topological polar surface area (TPSA) is 88.9 Å². The summed E-state index contributed by atoms with van der Waals surface area (Å²) >= 11 is 4.72. The number of nitrogens with zero attached hydrogens (tertiary/aromatic N) is 3. The highest BCUT2D eigenvalue weighted by Crippen LogP contribution is 2.20. The summed E-state index contributed by atoms with van der Waals surface area (Å²) in [6.45, 7) is 4.51. The quantitative estimate of drug-likeness (QED) is 0.427. The molecule has 0 radical (unpaired) electrons. The lowest BCUT2D eigenvalue weighted by atomic mass is 10.2. The second-order valence-corrected chi connectivity index (χ2v) is 8.60. The minimum absolute atomic E-state index is 0.0128. The molecule has 0 aliphatic heterocycles. The van der Waals surface area contributed by atoms with E-state index in [9.17, 15) is 9.59 Å². The zero-order chi connectivity index (χ0) is 20.6. The van der Waals surface area contributed by atoms with E-state index in [0.29, 0.717) is 29.1 Å². The van der Waals surface area contributed by atoms with Crippen molar-refractivity contribution >= 4 is 39.5 Å². The van der Waals surface area contributed by atoms with Gasteiger partial charge in [0, 0.05) is 17.1 Å². The van der Waals surface area contributed by atoms with Gasteiger partial charge in [-0.3, -0.25) is 9.59 Å². The van der Waals surface area contributed by atoms with Crippen molar-refractivity contribution in [3.05, 3.63) is 52.8 Å². The molecule has 0 atom stereocenters. The van der Waals surface area contributed by atoms with E-state index < -0.39 is 0 Å². The third kappa shape index (κ3) is 5.93. The molecule has 1 aromatic heterocycles. The molecule has 2 amide bonds. The standard InChI is InChI=1S/C20H24BrN5O2S/c1-2-11-26-17(12-22-19(28)15-9-5-6-10-16(15)21)24-25-20(26)29-13-18(27)23-14-7-3-4-8-14/h2,5-6,9-10,14H,1,3-4,7-8,11-13H2,(H,22,28)(H,23,27). The Morgan fingerprint density at radius 2 is 2.03 bits per heavy atom. The maximum atomic E-state index is 12.4. The number of allylic oxidation sites excluding steroid dienone is 1. The molecule has 1 saturated carbocycles. The minimum atomic E-state index is -0.198. The Morgan fingerprint density at radius 3 is 2.76 bits per heavy atom. The van der Waals surface area contributed by atoms with Gasteiger partial charge in [-0.1, -0.05) is 42.8 Å². The number of carbonyl (C=O) groups is 2. The van der Waals surface area contributed by atoms with Crippen molar-refractivity contribution in [3.63, 3.8) is 0 Å². The number of hydrogen-bond donors (Lipinski definition) is 2. The number of nitrogens with one attached hydrogen (secondary N) is 2. The van der Waals surface area contributed by atoms with Gasteiger partial charge in [-0.2, -0.15) is 0 Å². The molecule has 2 aromatic rings. The summed E-state index contributed by atoms with van der Waals surface area (Å²) in [4.78, 5) is 24.6. The molecular formula is C20H24BrN5O2S. The van der Waals surface area contributed by atoms with E-state index in [-0.39, 0.29) is 24.1 Å². The van der Waals surface area contributed by atoms with Gasteiger partial charge >= 0.3 is 0 Å². The molecule has 3 rings (SSSR count). The zero-order valence-electron chi connectivity index (χ0n) is 16.1. The lowest BCUT2D eigenvalue weighted by molar-refractivity contribution is -0.119. The molecule has 2 N–H and O–H groups in total. The number of hydrogen-bond acceptors (Lipinski definition) is 5. The SMILES string of the molecule is C=CCn1c(CNC(=O)c2ccccc2Br)nnc1SCC(=O)NC1CCCC1. The van der Waals surface area contributed by atoms with Gasteiger partial charge < -0.3 is 15.2 Å². The highest BCUT2D eigenvalue weighted by molar-refractivity contribution is 9.10. The number of carbonyl (C=O) groups excluding carboxylic acids is 2. The van der Waals surface area contributed by atoms with E-state index in [4.69, 9.17) is 0 Å². The zero-order valence-corrected chi connectivity index (χ0v) is 18.5. The van der Waals surface area contributed by atoms with Crippen LogP contribution in [0.15, 0.2) is 46.5 Å². The van der Waals surface area contributed by atoms with Crippen molar-refractivity contribution in [2.45, 2.75) is 50.0 Å². The molecule has 1 aliphatic rings. The Balaban J connectivity index is 1.59. The first-order chi connectivity index (χ1) is 14.1. The first-order valence-corrected chi connectivity index (χ1v) is 11.3. The fourth-order valence-electron chi connectivity index (χ4n) is 3.24. The van der Waals surface area contributed by atoms with Crippen LogP contribution in [-0.2, 0) is 17.9 Å². The van der Waals surface area contributed by atoms with Crippen molar-refractivity contribution in [2.75, 3.05) is 5.75 Å². The maximum absolute atomic E-state index is 12.4. The van der Waals surface area contributed by atoms with Crippen LogP contribution < -0.4 is 10.6 Å². The summed E-state index contributed by atoms with van der Waals surface area (Å²) in [5, 5.41) is 15.0. The summed E-state index contributed by atoms with van der Waals surface area (Å²) in [5.41, 5.74) is 0.556. The van der Waals surface area contributed by atoms with Crippen LogP contribution in [0.2, 0.25) is 0 Å². The summed E-state index contributed by atoms with van der Waals surface area (Å²) in [6, 6.07) is 7.54. The van der Waals surface area contributed by atoms with Crippen molar-refractivity contribution in [1.82, 2.24) is 25.4 Å². The average molecular weight is 478 g/mol. The first kappa shape index (κ1) is 21.6. The predicted octanol–water partition coefficient (Wildman–Crippen LogP) is 3.31.